The fourth-order valence-electron chi connectivity index (χ4n) is 6.09. The van der Waals surface area contributed by atoms with Gasteiger partial charge >= 0.3 is 0 Å². The molecule has 6 aromatic carbocycles. The Bertz CT molecular complexity index is 2760. The minimum Gasteiger partial charge on any atom is -0.435 e. The second-order valence-electron chi connectivity index (χ2n) is 11.2. The highest BCUT2D eigenvalue weighted by atomic mass is 32.1. The van der Waals surface area contributed by atoms with Crippen LogP contribution in [0.4, 0.5) is 22.0 Å². The largest absolute Gasteiger partial charge is 0.435 e. The summed E-state index contributed by atoms with van der Waals surface area (Å²) in [7, 11) is 0. The third-order valence-corrected chi connectivity index (χ3v) is 9.48. The summed E-state index contributed by atoms with van der Waals surface area (Å²) in [5.41, 5.74) is 0.901. The number of nitrogens with zero attached hydrogens (tertiary/aromatic N) is 4. The van der Waals surface area contributed by atoms with Crippen LogP contribution in [0.1, 0.15) is 0 Å². The van der Waals surface area contributed by atoms with Gasteiger partial charge in [-0.25, -0.2) is 41.9 Å². The van der Waals surface area contributed by atoms with E-state index in [1.807, 2.05) is 66.7 Å². The van der Waals surface area contributed by atoms with E-state index in [0.29, 0.717) is 33.7 Å². The summed E-state index contributed by atoms with van der Waals surface area (Å²) in [6, 6.07) is 31.4. The van der Waals surface area contributed by atoms with Gasteiger partial charge in [-0.05, 0) is 35.7 Å². The maximum absolute atomic E-state index is 15.2. The van der Waals surface area contributed by atoms with Gasteiger partial charge in [0, 0.05) is 42.2 Å². The Kier molecular flexibility index (Phi) is 6.53. The highest BCUT2D eigenvalue weighted by molar-refractivity contribution is 7.26. The summed E-state index contributed by atoms with van der Waals surface area (Å²) in [4.78, 5) is 18.1. The number of halogens is 5. The van der Waals surface area contributed by atoms with Crippen molar-refractivity contribution in [3.63, 3.8) is 0 Å². The first-order valence-corrected chi connectivity index (χ1v) is 15.8. The number of rotatable bonds is 4. The van der Waals surface area contributed by atoms with Crippen LogP contribution >= 0.6 is 11.3 Å². The minimum absolute atomic E-state index is 0.0520. The monoisotopic (exact) mass is 672 g/mol. The van der Waals surface area contributed by atoms with Crippen LogP contribution in [0.25, 0.3) is 87.7 Å². The molecular weight excluding hydrogens is 656 g/mol. The van der Waals surface area contributed by atoms with Crippen molar-refractivity contribution in [3.8, 4) is 45.6 Å². The second kappa shape index (κ2) is 11.0. The van der Waals surface area contributed by atoms with Crippen molar-refractivity contribution in [1.82, 2.24) is 19.9 Å². The molecule has 0 N–H and O–H groups in total. The number of fused-ring (bicyclic) bond motifs is 7. The molecule has 0 saturated heterocycles. The third-order valence-electron chi connectivity index (χ3n) is 8.35. The molecule has 3 aromatic heterocycles. The number of hydrogen-bond donors (Lipinski definition) is 0. The average molecular weight is 673 g/mol. The molecule has 9 aromatic rings. The number of thiophene rings is 1. The van der Waals surface area contributed by atoms with Crippen LogP contribution < -0.4 is 0 Å². The maximum atomic E-state index is 15.2. The zero-order chi connectivity index (χ0) is 33.4. The molecule has 0 saturated carbocycles. The van der Waals surface area contributed by atoms with E-state index in [-0.39, 0.29) is 11.6 Å². The standard InChI is InChI=1S/C38H17F5N4OS/c39-28-27(29(40)31(42)32(43)30(28)41)37-46-35(18-9-3-1-4-10-18)45-36(47-37)22-17-20-15-16-24-26(21-13-7-8-14-23(21)49-24)25(20)34-33(22)44-38(48-34)19-11-5-2-6-12-19/h1-17H. The van der Waals surface area contributed by atoms with Crippen molar-refractivity contribution >= 4 is 53.4 Å². The van der Waals surface area contributed by atoms with Gasteiger partial charge in [-0.15, -0.1) is 11.3 Å². The fraction of sp³-hybridized carbons (Fsp3) is 0. The van der Waals surface area contributed by atoms with E-state index in [4.69, 9.17) is 9.40 Å². The highest BCUT2D eigenvalue weighted by Crippen LogP contribution is 2.44. The molecule has 0 aliphatic rings. The molecule has 0 aliphatic carbocycles. The zero-order valence-electron chi connectivity index (χ0n) is 24.8. The Morgan fingerprint density at radius 2 is 1.12 bits per heavy atom. The molecule has 0 fully saturated rings. The fourth-order valence-corrected chi connectivity index (χ4v) is 7.21. The molecule has 11 heteroatoms. The molecule has 0 unspecified atom stereocenters. The van der Waals surface area contributed by atoms with E-state index in [2.05, 4.69) is 15.0 Å². The van der Waals surface area contributed by atoms with Crippen LogP contribution in [-0.2, 0) is 0 Å². The molecular formula is C38H17F5N4OS. The van der Waals surface area contributed by atoms with Gasteiger partial charge in [0.1, 0.15) is 5.52 Å². The zero-order valence-corrected chi connectivity index (χ0v) is 25.6. The third kappa shape index (κ3) is 4.50. The molecule has 3 heterocycles. The Hall–Kier alpha value is -6.07. The van der Waals surface area contributed by atoms with Crippen LogP contribution in [0.3, 0.4) is 0 Å². The van der Waals surface area contributed by atoms with Crippen molar-refractivity contribution in [2.75, 3.05) is 0 Å². The molecule has 0 atom stereocenters. The molecule has 5 nitrogen and oxygen atoms in total. The van der Waals surface area contributed by atoms with E-state index in [9.17, 15) is 13.2 Å². The smallest absolute Gasteiger partial charge is 0.227 e. The number of aromatic nitrogens is 4. The van der Waals surface area contributed by atoms with Crippen molar-refractivity contribution in [3.05, 3.63) is 132 Å². The quantitative estimate of drug-likeness (QED) is 0.106. The van der Waals surface area contributed by atoms with Gasteiger partial charge in [0.2, 0.25) is 11.7 Å². The second-order valence-corrected chi connectivity index (χ2v) is 12.3. The molecule has 0 aliphatic heterocycles. The van der Waals surface area contributed by atoms with E-state index in [1.165, 1.54) is 0 Å². The van der Waals surface area contributed by atoms with Crippen molar-refractivity contribution in [2.45, 2.75) is 0 Å². The van der Waals surface area contributed by atoms with Crippen molar-refractivity contribution < 1.29 is 26.4 Å². The Morgan fingerprint density at radius 1 is 0.510 bits per heavy atom. The summed E-state index contributed by atoms with van der Waals surface area (Å²) >= 11 is 1.64. The normalized spacial score (nSPS) is 11.8. The van der Waals surface area contributed by atoms with Crippen molar-refractivity contribution in [1.29, 1.82) is 0 Å². The van der Waals surface area contributed by atoms with Gasteiger partial charge in [-0.1, -0.05) is 72.8 Å². The summed E-state index contributed by atoms with van der Waals surface area (Å²) in [5.74, 6) is -11.2. The van der Waals surface area contributed by atoms with Crippen LogP contribution in [-0.4, -0.2) is 19.9 Å². The first-order chi connectivity index (χ1) is 23.9. The van der Waals surface area contributed by atoms with E-state index >= 15 is 8.78 Å². The highest BCUT2D eigenvalue weighted by Gasteiger charge is 2.30. The van der Waals surface area contributed by atoms with Crippen LogP contribution in [0.2, 0.25) is 0 Å². The van der Waals surface area contributed by atoms with Crippen LogP contribution in [0.5, 0.6) is 0 Å². The minimum atomic E-state index is -2.28. The molecule has 0 amide bonds. The number of oxazole rings is 1. The summed E-state index contributed by atoms with van der Waals surface area (Å²) < 4.78 is 82.0. The molecule has 0 bridgehead atoms. The van der Waals surface area contributed by atoms with Gasteiger partial charge < -0.3 is 4.42 Å². The lowest BCUT2D eigenvalue weighted by molar-refractivity contribution is 0.381. The summed E-state index contributed by atoms with van der Waals surface area (Å²) in [6.07, 6.45) is 0. The molecule has 9 rings (SSSR count). The summed E-state index contributed by atoms with van der Waals surface area (Å²) in [6.45, 7) is 0. The topological polar surface area (TPSA) is 64.7 Å². The number of hydrogen-bond acceptors (Lipinski definition) is 6. The lowest BCUT2D eigenvalue weighted by Gasteiger charge is -2.12. The van der Waals surface area contributed by atoms with Crippen molar-refractivity contribution in [2.24, 2.45) is 0 Å². The van der Waals surface area contributed by atoms with Gasteiger partial charge in [0.15, 0.2) is 46.3 Å². The van der Waals surface area contributed by atoms with Gasteiger partial charge in [-0.3, -0.25) is 0 Å². The Morgan fingerprint density at radius 3 is 1.86 bits per heavy atom. The van der Waals surface area contributed by atoms with Gasteiger partial charge in [-0.2, -0.15) is 0 Å². The predicted molar refractivity (Wildman–Crippen MR) is 179 cm³/mol. The summed E-state index contributed by atoms with van der Waals surface area (Å²) in [5, 5.41) is 3.52. The molecule has 0 spiro atoms. The van der Waals surface area contributed by atoms with Gasteiger partial charge in [0.25, 0.3) is 0 Å². The molecule has 236 valence electrons. The van der Waals surface area contributed by atoms with Crippen LogP contribution in [0, 0.1) is 29.1 Å². The predicted octanol–water partition coefficient (Wildman–Crippen LogP) is 10.9. The Balaban J connectivity index is 1.40. The van der Waals surface area contributed by atoms with Gasteiger partial charge in [0.05, 0.1) is 5.56 Å². The Labute approximate surface area is 277 Å². The first kappa shape index (κ1) is 29.1. The molecule has 49 heavy (non-hydrogen) atoms. The van der Waals surface area contributed by atoms with E-state index in [1.54, 1.807) is 47.7 Å². The first-order valence-electron chi connectivity index (χ1n) is 14.9. The molecule has 0 radical (unpaired) electrons. The van der Waals surface area contributed by atoms with Crippen LogP contribution in [0.15, 0.2) is 108 Å². The number of benzene rings is 6. The maximum Gasteiger partial charge on any atom is 0.227 e. The lowest BCUT2D eigenvalue weighted by atomic mass is 9.99. The van der Waals surface area contributed by atoms with E-state index in [0.717, 1.165) is 30.9 Å². The SMILES string of the molecule is Fc1c(F)c(F)c(-c2nc(-c3ccccc3)nc(-c3cc4ccc5sc6ccccc6c5c4c4oc(-c5ccccc5)nc34)n2)c(F)c1F. The lowest BCUT2D eigenvalue weighted by Crippen LogP contribution is -2.08. The average Bonchev–Trinajstić information content (AvgIpc) is 3.76. The van der Waals surface area contributed by atoms with E-state index < -0.39 is 40.5 Å².